The fraction of sp³-hybridized carbons (Fsp3) is 0.294. The summed E-state index contributed by atoms with van der Waals surface area (Å²) in [6.45, 7) is 5.15. The number of nitrogens with zero attached hydrogens (tertiary/aromatic N) is 4. The van der Waals surface area contributed by atoms with Gasteiger partial charge in [0.1, 0.15) is 0 Å². The van der Waals surface area contributed by atoms with Crippen LogP contribution in [0.2, 0.25) is 0 Å². The van der Waals surface area contributed by atoms with Crippen molar-refractivity contribution in [1.29, 1.82) is 0 Å². The summed E-state index contributed by atoms with van der Waals surface area (Å²) in [5.74, 6) is 0.808. The average molecular weight is 533 g/mol. The first kappa shape index (κ1) is 26.2. The van der Waals surface area contributed by atoms with Crippen molar-refractivity contribution in [3.8, 4) is 22.5 Å². The van der Waals surface area contributed by atoms with Crippen molar-refractivity contribution in [2.75, 3.05) is 13.2 Å². The van der Waals surface area contributed by atoms with Crippen LogP contribution in [0.5, 0.6) is 0 Å². The summed E-state index contributed by atoms with van der Waals surface area (Å²) < 4.78 is 17.2. The lowest BCUT2D eigenvalue weighted by molar-refractivity contribution is -0.236. The van der Waals surface area contributed by atoms with E-state index in [-0.39, 0.29) is 5.41 Å². The molecule has 6 rings (SSSR count). The number of hydrogen-bond donors (Lipinski definition) is 0. The van der Waals surface area contributed by atoms with Crippen LogP contribution in [-0.2, 0) is 22.6 Å². The van der Waals surface area contributed by atoms with Crippen molar-refractivity contribution >= 4 is 0 Å². The molecule has 6 nitrogen and oxygen atoms in total. The molecule has 1 aliphatic rings. The lowest BCUT2D eigenvalue weighted by atomic mass is 9.86. The zero-order valence-corrected chi connectivity index (χ0v) is 23.0. The molecule has 0 spiro atoms. The number of aromatic nitrogens is 4. The van der Waals surface area contributed by atoms with Gasteiger partial charge in [-0.15, -0.1) is 0 Å². The molecule has 0 unspecified atom stereocenters. The minimum atomic E-state index is -0.527. The number of benzene rings is 3. The van der Waals surface area contributed by atoms with E-state index in [4.69, 9.17) is 14.5 Å². The van der Waals surface area contributed by atoms with Gasteiger partial charge in [0, 0.05) is 42.0 Å². The largest absolute Gasteiger partial charge is 0.345 e. The normalized spacial score (nSPS) is 19.1. The lowest BCUT2D eigenvalue weighted by Gasteiger charge is -2.37. The number of imidazole rings is 1. The van der Waals surface area contributed by atoms with Gasteiger partial charge < -0.3 is 14.0 Å². The van der Waals surface area contributed by atoms with Crippen molar-refractivity contribution in [2.24, 2.45) is 5.41 Å². The lowest BCUT2D eigenvalue weighted by Crippen LogP contribution is -2.37. The molecule has 0 atom stereocenters. The molecule has 0 saturated carbocycles. The molecule has 1 fully saturated rings. The van der Waals surface area contributed by atoms with Crippen LogP contribution in [0, 0.1) is 5.41 Å². The Morgan fingerprint density at radius 2 is 1.45 bits per heavy atom. The Balaban J connectivity index is 1.28. The minimum Gasteiger partial charge on any atom is -0.345 e. The SMILES string of the molecule is C[C@]1(CCCCn2cccn2)CO[C@@H](c2nc(-c3ccccc3)c(-c3ccccc3)n2Cc2ccccc2)OC1. The summed E-state index contributed by atoms with van der Waals surface area (Å²) >= 11 is 0. The van der Waals surface area contributed by atoms with E-state index >= 15 is 0 Å². The fourth-order valence-corrected chi connectivity index (χ4v) is 5.46. The first-order valence-electron chi connectivity index (χ1n) is 14.1. The molecular formula is C34H36N4O2. The van der Waals surface area contributed by atoms with E-state index in [1.54, 1.807) is 0 Å². The number of unbranched alkanes of at least 4 members (excludes halogenated alkanes) is 1. The van der Waals surface area contributed by atoms with Gasteiger partial charge in [0.2, 0.25) is 6.29 Å². The van der Waals surface area contributed by atoms with Crippen LogP contribution in [0.4, 0.5) is 0 Å². The first-order valence-corrected chi connectivity index (χ1v) is 14.1. The Kier molecular flexibility index (Phi) is 7.89. The minimum absolute atomic E-state index is 0.0258. The second-order valence-electron chi connectivity index (χ2n) is 11.0. The molecule has 204 valence electrons. The highest BCUT2D eigenvalue weighted by Crippen LogP contribution is 2.39. The maximum Gasteiger partial charge on any atom is 0.217 e. The Morgan fingerprint density at radius 3 is 2.10 bits per heavy atom. The first-order chi connectivity index (χ1) is 19.7. The molecule has 0 aliphatic carbocycles. The molecule has 5 aromatic rings. The average Bonchev–Trinajstić information content (AvgIpc) is 3.66. The molecule has 2 aromatic heterocycles. The third-order valence-corrected chi connectivity index (χ3v) is 7.63. The molecule has 6 heteroatoms. The number of aryl methyl sites for hydroxylation is 1. The third-order valence-electron chi connectivity index (χ3n) is 7.63. The van der Waals surface area contributed by atoms with Crippen molar-refractivity contribution in [3.05, 3.63) is 121 Å². The molecule has 0 N–H and O–H groups in total. The Hall–Kier alpha value is -4.00. The predicted octanol–water partition coefficient (Wildman–Crippen LogP) is 7.38. The van der Waals surface area contributed by atoms with Crippen LogP contribution in [0.15, 0.2) is 109 Å². The summed E-state index contributed by atoms with van der Waals surface area (Å²) in [6, 6.07) is 33.4. The number of ether oxygens (including phenoxy) is 2. The second kappa shape index (κ2) is 12.0. The zero-order chi connectivity index (χ0) is 27.2. The topological polar surface area (TPSA) is 54.1 Å². The van der Waals surface area contributed by atoms with Crippen molar-refractivity contribution in [2.45, 2.75) is 45.6 Å². The molecule has 0 bridgehead atoms. The van der Waals surface area contributed by atoms with Crippen LogP contribution in [0.1, 0.15) is 43.9 Å². The van der Waals surface area contributed by atoms with Crippen LogP contribution < -0.4 is 0 Å². The van der Waals surface area contributed by atoms with E-state index in [0.717, 1.165) is 54.1 Å². The van der Waals surface area contributed by atoms with E-state index in [9.17, 15) is 0 Å². The molecule has 1 saturated heterocycles. The summed E-state index contributed by atoms with van der Waals surface area (Å²) in [4.78, 5) is 5.23. The highest BCUT2D eigenvalue weighted by atomic mass is 16.7. The highest BCUT2D eigenvalue weighted by molar-refractivity contribution is 5.79. The molecule has 3 heterocycles. The fourth-order valence-electron chi connectivity index (χ4n) is 5.46. The Bertz CT molecular complexity index is 1470. The standard InChI is InChI=1S/C34H36N4O2/c1-34(20-11-12-22-37-23-13-21-35-37)25-39-33(40-26-34)32-36-30(28-16-7-3-8-17-28)31(29-18-9-4-10-19-29)38(32)24-27-14-5-2-6-15-27/h2-10,13-19,21,23,33H,11-12,20,22,24-26H2,1H3/t33-,34+. The highest BCUT2D eigenvalue weighted by Gasteiger charge is 2.36. The van der Waals surface area contributed by atoms with Gasteiger partial charge in [-0.1, -0.05) is 104 Å². The van der Waals surface area contributed by atoms with Gasteiger partial charge in [-0.05, 0) is 24.5 Å². The van der Waals surface area contributed by atoms with Gasteiger partial charge in [0.05, 0.1) is 24.6 Å². The van der Waals surface area contributed by atoms with Gasteiger partial charge in [-0.2, -0.15) is 5.10 Å². The van der Waals surface area contributed by atoms with E-state index in [0.29, 0.717) is 19.8 Å². The predicted molar refractivity (Wildman–Crippen MR) is 157 cm³/mol. The maximum atomic E-state index is 6.48. The molecule has 40 heavy (non-hydrogen) atoms. The quantitative estimate of drug-likeness (QED) is 0.176. The summed E-state index contributed by atoms with van der Waals surface area (Å²) in [7, 11) is 0. The van der Waals surface area contributed by atoms with Gasteiger partial charge in [-0.25, -0.2) is 4.98 Å². The molecule has 1 aliphatic heterocycles. The third kappa shape index (κ3) is 5.93. The summed E-state index contributed by atoms with van der Waals surface area (Å²) in [6.07, 6.45) is 6.56. The Morgan fingerprint density at radius 1 is 0.800 bits per heavy atom. The summed E-state index contributed by atoms with van der Waals surface area (Å²) in [5, 5.41) is 4.31. The Labute approximate surface area is 236 Å². The smallest absolute Gasteiger partial charge is 0.217 e. The van der Waals surface area contributed by atoms with Crippen LogP contribution >= 0.6 is 0 Å². The van der Waals surface area contributed by atoms with E-state index in [2.05, 4.69) is 95.5 Å². The van der Waals surface area contributed by atoms with E-state index < -0.39 is 6.29 Å². The van der Waals surface area contributed by atoms with E-state index in [1.807, 2.05) is 35.3 Å². The van der Waals surface area contributed by atoms with Crippen LogP contribution in [0.25, 0.3) is 22.5 Å². The van der Waals surface area contributed by atoms with Crippen LogP contribution in [-0.4, -0.2) is 32.5 Å². The molecule has 0 radical (unpaired) electrons. The van der Waals surface area contributed by atoms with E-state index in [1.165, 1.54) is 5.56 Å². The number of rotatable bonds is 10. The maximum absolute atomic E-state index is 6.48. The molecule has 0 amide bonds. The van der Waals surface area contributed by atoms with Gasteiger partial charge >= 0.3 is 0 Å². The monoisotopic (exact) mass is 532 g/mol. The van der Waals surface area contributed by atoms with Gasteiger partial charge in [-0.3, -0.25) is 4.68 Å². The molecular weight excluding hydrogens is 496 g/mol. The molecule has 3 aromatic carbocycles. The van der Waals surface area contributed by atoms with Gasteiger partial charge in [0.25, 0.3) is 0 Å². The number of hydrogen-bond acceptors (Lipinski definition) is 4. The van der Waals surface area contributed by atoms with Crippen molar-refractivity contribution in [3.63, 3.8) is 0 Å². The summed E-state index contributed by atoms with van der Waals surface area (Å²) in [5.41, 5.74) is 5.39. The van der Waals surface area contributed by atoms with Gasteiger partial charge in [0.15, 0.2) is 5.82 Å². The van der Waals surface area contributed by atoms with Crippen molar-refractivity contribution < 1.29 is 9.47 Å². The zero-order valence-electron chi connectivity index (χ0n) is 23.0. The second-order valence-corrected chi connectivity index (χ2v) is 11.0. The van der Waals surface area contributed by atoms with Crippen LogP contribution in [0.3, 0.4) is 0 Å². The van der Waals surface area contributed by atoms with Crippen molar-refractivity contribution in [1.82, 2.24) is 19.3 Å².